The Morgan fingerprint density at radius 1 is 1.41 bits per heavy atom. The van der Waals surface area contributed by atoms with E-state index in [0.717, 1.165) is 36.3 Å². The van der Waals surface area contributed by atoms with Gasteiger partial charge in [-0.2, -0.15) is 0 Å². The number of methoxy groups -OCH3 is 1. The first-order valence-electron chi connectivity index (χ1n) is 5.83. The lowest BCUT2D eigenvalue weighted by molar-refractivity contribution is 0.194. The molecule has 1 N–H and O–H groups in total. The molecule has 0 unspecified atom stereocenters. The Balaban J connectivity index is 2.40. The van der Waals surface area contributed by atoms with Gasteiger partial charge in [-0.1, -0.05) is 13.8 Å². The molecular weight excluding hydrogens is 280 g/mol. The summed E-state index contributed by atoms with van der Waals surface area (Å²) in [5, 5.41) is 3.40. The molecule has 0 bridgehead atoms. The maximum Gasteiger partial charge on any atom is 0.0587 e. The van der Waals surface area contributed by atoms with Gasteiger partial charge in [-0.25, -0.2) is 0 Å². The monoisotopic (exact) mass is 300 g/mol. The second kappa shape index (κ2) is 7.09. The highest BCUT2D eigenvalue weighted by molar-refractivity contribution is 9.10. The highest BCUT2D eigenvalue weighted by Gasteiger charge is 2.18. The van der Waals surface area contributed by atoms with E-state index in [4.69, 9.17) is 4.74 Å². The fraction of sp³-hybridized carbons (Fsp3) is 0.615. The topological polar surface area (TPSA) is 34.1 Å². The molecule has 0 amide bonds. The average molecular weight is 301 g/mol. The second-order valence-electron chi connectivity index (χ2n) is 4.98. The first-order valence-corrected chi connectivity index (χ1v) is 6.63. The molecule has 0 aromatic carbocycles. The molecule has 0 aliphatic carbocycles. The minimum absolute atomic E-state index is 0.203. The van der Waals surface area contributed by atoms with E-state index in [1.807, 2.05) is 12.3 Å². The van der Waals surface area contributed by atoms with Crippen LogP contribution in [0.4, 0.5) is 0 Å². The predicted molar refractivity (Wildman–Crippen MR) is 74.2 cm³/mol. The summed E-state index contributed by atoms with van der Waals surface area (Å²) in [5.41, 5.74) is 1.33. The van der Waals surface area contributed by atoms with E-state index >= 15 is 0 Å². The molecule has 0 radical (unpaired) electrons. The highest BCUT2D eigenvalue weighted by Crippen LogP contribution is 2.20. The van der Waals surface area contributed by atoms with Crippen molar-refractivity contribution in [2.24, 2.45) is 5.41 Å². The molecule has 1 aromatic heterocycles. The van der Waals surface area contributed by atoms with Crippen molar-refractivity contribution in [1.29, 1.82) is 0 Å². The molecule has 17 heavy (non-hydrogen) atoms. The van der Waals surface area contributed by atoms with Crippen LogP contribution in [-0.4, -0.2) is 31.8 Å². The van der Waals surface area contributed by atoms with Crippen molar-refractivity contribution in [3.8, 4) is 0 Å². The van der Waals surface area contributed by atoms with Crippen molar-refractivity contribution < 1.29 is 4.74 Å². The van der Waals surface area contributed by atoms with E-state index in [0.29, 0.717) is 0 Å². The average Bonchev–Trinajstić information content (AvgIpc) is 2.27. The van der Waals surface area contributed by atoms with Gasteiger partial charge < -0.3 is 10.1 Å². The molecule has 1 rings (SSSR count). The molecule has 96 valence electrons. The first kappa shape index (κ1) is 14.6. The lowest BCUT2D eigenvalue weighted by Crippen LogP contribution is -2.33. The van der Waals surface area contributed by atoms with Crippen molar-refractivity contribution >= 4 is 15.9 Å². The zero-order chi connectivity index (χ0) is 12.7. The van der Waals surface area contributed by atoms with Crippen molar-refractivity contribution in [3.05, 3.63) is 28.5 Å². The van der Waals surface area contributed by atoms with Gasteiger partial charge in [0.05, 0.1) is 6.61 Å². The number of nitrogens with zero attached hydrogens (tertiary/aromatic N) is 1. The minimum Gasteiger partial charge on any atom is -0.383 e. The molecule has 1 aromatic rings. The number of hydrogen-bond donors (Lipinski definition) is 1. The van der Waals surface area contributed by atoms with Crippen molar-refractivity contribution in [1.82, 2.24) is 10.3 Å². The Labute approximate surface area is 112 Å². The van der Waals surface area contributed by atoms with Crippen LogP contribution in [0, 0.1) is 5.41 Å². The Morgan fingerprint density at radius 2 is 2.18 bits per heavy atom. The summed E-state index contributed by atoms with van der Waals surface area (Å²) in [6.45, 7) is 7.11. The highest BCUT2D eigenvalue weighted by atomic mass is 79.9. The third kappa shape index (κ3) is 6.15. The minimum atomic E-state index is 0.203. The SMILES string of the molecule is COCCNCC(C)(C)Cc1ccc(Br)cn1. The Kier molecular flexibility index (Phi) is 6.09. The summed E-state index contributed by atoms with van der Waals surface area (Å²) in [4.78, 5) is 4.41. The summed E-state index contributed by atoms with van der Waals surface area (Å²) in [6, 6.07) is 4.11. The number of aromatic nitrogens is 1. The molecule has 0 saturated carbocycles. The third-order valence-electron chi connectivity index (χ3n) is 2.53. The van der Waals surface area contributed by atoms with Crippen molar-refractivity contribution in [2.75, 3.05) is 26.8 Å². The van der Waals surface area contributed by atoms with Crippen LogP contribution in [0.1, 0.15) is 19.5 Å². The maximum atomic E-state index is 5.01. The Morgan fingerprint density at radius 3 is 2.76 bits per heavy atom. The van der Waals surface area contributed by atoms with E-state index in [2.05, 4.69) is 46.1 Å². The van der Waals surface area contributed by atoms with Crippen LogP contribution in [0.5, 0.6) is 0 Å². The smallest absolute Gasteiger partial charge is 0.0587 e. The zero-order valence-electron chi connectivity index (χ0n) is 10.8. The molecule has 0 atom stereocenters. The predicted octanol–water partition coefficient (Wildman–Crippen LogP) is 2.65. The van der Waals surface area contributed by atoms with Crippen LogP contribution < -0.4 is 5.32 Å². The number of pyridine rings is 1. The molecular formula is C13H21BrN2O. The normalized spacial score (nSPS) is 11.8. The van der Waals surface area contributed by atoms with Crippen LogP contribution in [0.2, 0.25) is 0 Å². The Bertz CT molecular complexity index is 325. The third-order valence-corrected chi connectivity index (χ3v) is 3.00. The fourth-order valence-corrected chi connectivity index (χ4v) is 1.90. The zero-order valence-corrected chi connectivity index (χ0v) is 12.4. The van der Waals surface area contributed by atoms with Crippen molar-refractivity contribution in [3.63, 3.8) is 0 Å². The number of rotatable bonds is 7. The lowest BCUT2D eigenvalue weighted by Gasteiger charge is -2.24. The molecule has 1 heterocycles. The Hall–Kier alpha value is -0.450. The summed E-state index contributed by atoms with van der Waals surface area (Å²) >= 11 is 3.40. The number of nitrogens with one attached hydrogen (secondary N) is 1. The summed E-state index contributed by atoms with van der Waals surface area (Å²) in [6.07, 6.45) is 2.82. The largest absolute Gasteiger partial charge is 0.383 e. The van der Waals surface area contributed by atoms with Crippen LogP contribution in [0.3, 0.4) is 0 Å². The molecule has 0 aliphatic rings. The van der Waals surface area contributed by atoms with Crippen LogP contribution in [0.15, 0.2) is 22.8 Å². The van der Waals surface area contributed by atoms with E-state index in [1.165, 1.54) is 0 Å². The van der Waals surface area contributed by atoms with Gasteiger partial charge in [0.1, 0.15) is 0 Å². The number of halogens is 1. The van der Waals surface area contributed by atoms with Crippen LogP contribution in [-0.2, 0) is 11.2 Å². The van der Waals surface area contributed by atoms with E-state index in [9.17, 15) is 0 Å². The van der Waals surface area contributed by atoms with Gasteiger partial charge in [0.2, 0.25) is 0 Å². The molecule has 0 aliphatic heterocycles. The lowest BCUT2D eigenvalue weighted by atomic mass is 9.87. The molecule has 4 heteroatoms. The number of hydrogen-bond acceptors (Lipinski definition) is 3. The van der Waals surface area contributed by atoms with E-state index in [-0.39, 0.29) is 5.41 Å². The van der Waals surface area contributed by atoms with Gasteiger partial charge in [0.25, 0.3) is 0 Å². The molecule has 0 saturated heterocycles. The molecule has 0 fully saturated rings. The van der Waals surface area contributed by atoms with E-state index in [1.54, 1.807) is 7.11 Å². The van der Waals surface area contributed by atoms with Gasteiger partial charge in [-0.3, -0.25) is 4.98 Å². The standard InChI is InChI=1S/C13H21BrN2O/c1-13(2,10-15-6-7-17-3)8-12-5-4-11(14)9-16-12/h4-5,9,15H,6-8,10H2,1-3H3. The number of ether oxygens (including phenoxy) is 1. The van der Waals surface area contributed by atoms with Gasteiger partial charge in [0.15, 0.2) is 0 Å². The van der Waals surface area contributed by atoms with Crippen LogP contribution >= 0.6 is 15.9 Å². The second-order valence-corrected chi connectivity index (χ2v) is 5.89. The fourth-order valence-electron chi connectivity index (χ4n) is 1.66. The van der Waals surface area contributed by atoms with Gasteiger partial charge in [-0.15, -0.1) is 0 Å². The summed E-state index contributed by atoms with van der Waals surface area (Å²) in [5.74, 6) is 0. The van der Waals surface area contributed by atoms with Gasteiger partial charge >= 0.3 is 0 Å². The summed E-state index contributed by atoms with van der Waals surface area (Å²) < 4.78 is 6.03. The van der Waals surface area contributed by atoms with E-state index < -0.39 is 0 Å². The molecule has 0 spiro atoms. The van der Waals surface area contributed by atoms with Gasteiger partial charge in [0, 0.05) is 36.6 Å². The van der Waals surface area contributed by atoms with Crippen molar-refractivity contribution in [2.45, 2.75) is 20.3 Å². The van der Waals surface area contributed by atoms with Crippen LogP contribution in [0.25, 0.3) is 0 Å². The molecule has 3 nitrogen and oxygen atoms in total. The summed E-state index contributed by atoms with van der Waals surface area (Å²) in [7, 11) is 1.72. The maximum absolute atomic E-state index is 5.01. The first-order chi connectivity index (χ1) is 8.03. The van der Waals surface area contributed by atoms with Gasteiger partial charge in [-0.05, 0) is 39.9 Å². The quantitative estimate of drug-likeness (QED) is 0.786.